The summed E-state index contributed by atoms with van der Waals surface area (Å²) in [6.07, 6.45) is 2.94. The van der Waals surface area contributed by atoms with Gasteiger partial charge in [0.2, 0.25) is 5.91 Å². The van der Waals surface area contributed by atoms with Crippen LogP contribution in [0.3, 0.4) is 0 Å². The minimum atomic E-state index is -4.51. The lowest BCUT2D eigenvalue weighted by atomic mass is 9.97. The maximum absolute atomic E-state index is 13.7. The lowest BCUT2D eigenvalue weighted by molar-refractivity contribution is -0.138. The predicted octanol–water partition coefficient (Wildman–Crippen LogP) is 6.08. The Labute approximate surface area is 212 Å². The molecule has 36 heavy (non-hydrogen) atoms. The van der Waals surface area contributed by atoms with Crippen molar-refractivity contribution in [2.45, 2.75) is 50.9 Å². The van der Waals surface area contributed by atoms with Crippen LogP contribution in [0.2, 0.25) is 5.02 Å². The summed E-state index contributed by atoms with van der Waals surface area (Å²) in [5.41, 5.74) is 2.98. The van der Waals surface area contributed by atoms with Crippen LogP contribution in [0.15, 0.2) is 48.8 Å². The number of fused-ring (bicyclic) bond motifs is 1. The van der Waals surface area contributed by atoms with Gasteiger partial charge in [0.1, 0.15) is 0 Å². The number of halogens is 4. The third-order valence-corrected chi connectivity index (χ3v) is 7.50. The first kappa shape index (κ1) is 24.8. The van der Waals surface area contributed by atoms with E-state index in [2.05, 4.69) is 16.4 Å². The number of piperidine rings is 1. The summed E-state index contributed by atoms with van der Waals surface area (Å²) in [5, 5.41) is 3.37. The number of carbonyl (C=O) groups excluding carboxylic acids is 1. The van der Waals surface area contributed by atoms with Crippen molar-refractivity contribution in [3.63, 3.8) is 0 Å². The molecule has 1 amide bonds. The number of rotatable bonds is 4. The smallest absolute Gasteiger partial charge is 0.337 e. The van der Waals surface area contributed by atoms with E-state index in [1.807, 2.05) is 23.1 Å². The molecule has 190 valence electrons. The molecule has 2 aliphatic heterocycles. The van der Waals surface area contributed by atoms with E-state index in [4.69, 9.17) is 11.6 Å². The molecule has 0 aliphatic carbocycles. The van der Waals surface area contributed by atoms with Crippen LogP contribution in [-0.4, -0.2) is 46.0 Å². The number of imidazole rings is 1. The van der Waals surface area contributed by atoms with E-state index in [1.54, 1.807) is 17.8 Å². The quantitative estimate of drug-likeness (QED) is 0.457. The van der Waals surface area contributed by atoms with Crippen molar-refractivity contribution in [3.8, 4) is 0 Å². The zero-order valence-electron chi connectivity index (χ0n) is 20.0. The van der Waals surface area contributed by atoms with Crippen molar-refractivity contribution < 1.29 is 18.0 Å². The zero-order chi connectivity index (χ0) is 25.4. The molecular weight excluding hydrogens is 489 g/mol. The number of alkyl halides is 3. The van der Waals surface area contributed by atoms with E-state index in [0.29, 0.717) is 18.6 Å². The molecule has 0 spiro atoms. The standard InChI is InChI=1S/C27H28ClF3N4O/c1-17(21-7-6-20(28)15-22(21)27(29,30)31)35-16-33-23-8-5-19(14-25(23)35)18-9-12-34(13-10-18)26(36)24-4-2-3-11-32-24/h5-9,14-17,24,32H,2-4,10-13H2,1H3/t17?,24-/m1/s1. The van der Waals surface area contributed by atoms with E-state index < -0.39 is 17.8 Å². The van der Waals surface area contributed by atoms with Gasteiger partial charge in [0.15, 0.2) is 0 Å². The van der Waals surface area contributed by atoms with Crippen LogP contribution >= 0.6 is 11.6 Å². The Morgan fingerprint density at radius 2 is 2.03 bits per heavy atom. The molecule has 1 saturated heterocycles. The summed E-state index contributed by atoms with van der Waals surface area (Å²) in [6, 6.07) is 9.06. The van der Waals surface area contributed by atoms with Gasteiger partial charge in [0, 0.05) is 18.1 Å². The molecule has 3 heterocycles. The van der Waals surface area contributed by atoms with Crippen LogP contribution in [0.25, 0.3) is 16.6 Å². The summed E-state index contributed by atoms with van der Waals surface area (Å²) in [6.45, 7) is 3.82. The van der Waals surface area contributed by atoms with E-state index >= 15 is 0 Å². The molecule has 5 nitrogen and oxygen atoms in total. The SMILES string of the molecule is CC(c1ccc(Cl)cc1C(F)(F)F)n1cnc2ccc(C3=CCN(C(=O)[C@H]4CCCCN4)CC3)cc21. The highest BCUT2D eigenvalue weighted by molar-refractivity contribution is 6.30. The zero-order valence-corrected chi connectivity index (χ0v) is 20.7. The van der Waals surface area contributed by atoms with Crippen LogP contribution in [0.1, 0.15) is 55.3 Å². The van der Waals surface area contributed by atoms with Gasteiger partial charge in [0.25, 0.3) is 0 Å². The second-order valence-electron chi connectivity index (χ2n) is 9.53. The van der Waals surface area contributed by atoms with Crippen LogP contribution in [-0.2, 0) is 11.0 Å². The maximum Gasteiger partial charge on any atom is 0.416 e. The molecule has 9 heteroatoms. The Morgan fingerprint density at radius 1 is 1.19 bits per heavy atom. The largest absolute Gasteiger partial charge is 0.416 e. The predicted molar refractivity (Wildman–Crippen MR) is 135 cm³/mol. The Balaban J connectivity index is 1.41. The molecule has 1 aromatic heterocycles. The highest BCUT2D eigenvalue weighted by Crippen LogP contribution is 2.38. The van der Waals surface area contributed by atoms with E-state index in [9.17, 15) is 18.0 Å². The topological polar surface area (TPSA) is 50.2 Å². The average molecular weight is 517 g/mol. The molecule has 0 bridgehead atoms. The Kier molecular flexibility index (Phi) is 6.83. The maximum atomic E-state index is 13.7. The third kappa shape index (κ3) is 4.89. The fourth-order valence-electron chi connectivity index (χ4n) is 5.24. The molecule has 1 N–H and O–H groups in total. The first-order valence-corrected chi connectivity index (χ1v) is 12.6. The number of nitrogens with one attached hydrogen (secondary N) is 1. The number of hydrogen-bond acceptors (Lipinski definition) is 3. The van der Waals surface area contributed by atoms with Crippen molar-refractivity contribution in [1.29, 1.82) is 0 Å². The van der Waals surface area contributed by atoms with Gasteiger partial charge in [-0.05, 0) is 73.7 Å². The van der Waals surface area contributed by atoms with Crippen LogP contribution in [0.5, 0.6) is 0 Å². The van der Waals surface area contributed by atoms with Crippen LogP contribution < -0.4 is 5.32 Å². The molecule has 3 aromatic rings. The van der Waals surface area contributed by atoms with Gasteiger partial charge in [-0.25, -0.2) is 4.98 Å². The lowest BCUT2D eigenvalue weighted by Crippen LogP contribution is -2.49. The molecular formula is C27H28ClF3N4O. The van der Waals surface area contributed by atoms with Crippen molar-refractivity contribution >= 4 is 34.1 Å². The second-order valence-corrected chi connectivity index (χ2v) is 9.96. The average Bonchev–Trinajstić information content (AvgIpc) is 3.31. The van der Waals surface area contributed by atoms with Gasteiger partial charge < -0.3 is 14.8 Å². The fourth-order valence-corrected chi connectivity index (χ4v) is 5.41. The van der Waals surface area contributed by atoms with Gasteiger partial charge >= 0.3 is 6.18 Å². The number of amides is 1. The first-order chi connectivity index (χ1) is 17.2. The molecule has 0 radical (unpaired) electrons. The van der Waals surface area contributed by atoms with Gasteiger partial charge in [-0.1, -0.05) is 36.2 Å². The van der Waals surface area contributed by atoms with Gasteiger partial charge in [-0.3, -0.25) is 4.79 Å². The Hall–Kier alpha value is -2.84. The molecule has 0 saturated carbocycles. The number of hydrogen-bond donors (Lipinski definition) is 1. The molecule has 2 aromatic carbocycles. The normalized spacial score (nSPS) is 19.9. The minimum absolute atomic E-state index is 0.0482. The first-order valence-electron chi connectivity index (χ1n) is 12.3. The minimum Gasteiger partial charge on any atom is -0.337 e. The lowest BCUT2D eigenvalue weighted by Gasteiger charge is -2.32. The van der Waals surface area contributed by atoms with Crippen molar-refractivity contribution in [3.05, 3.63) is 70.5 Å². The van der Waals surface area contributed by atoms with Crippen molar-refractivity contribution in [2.75, 3.05) is 19.6 Å². The van der Waals surface area contributed by atoms with Gasteiger partial charge in [-0.2, -0.15) is 13.2 Å². The van der Waals surface area contributed by atoms with Gasteiger partial charge in [0.05, 0.1) is 35.0 Å². The molecule has 1 fully saturated rings. The van der Waals surface area contributed by atoms with Crippen LogP contribution in [0, 0.1) is 0 Å². The molecule has 2 atom stereocenters. The fraction of sp³-hybridized carbons (Fsp3) is 0.407. The number of aromatic nitrogens is 2. The van der Waals surface area contributed by atoms with E-state index in [1.165, 1.54) is 12.1 Å². The van der Waals surface area contributed by atoms with E-state index in [0.717, 1.165) is 54.9 Å². The molecule has 1 unspecified atom stereocenters. The third-order valence-electron chi connectivity index (χ3n) is 7.26. The second kappa shape index (κ2) is 9.90. The number of benzene rings is 2. The highest BCUT2D eigenvalue weighted by Gasteiger charge is 2.35. The monoisotopic (exact) mass is 516 g/mol. The summed E-state index contributed by atoms with van der Waals surface area (Å²) in [7, 11) is 0. The summed E-state index contributed by atoms with van der Waals surface area (Å²) < 4.78 is 43.0. The van der Waals surface area contributed by atoms with Crippen molar-refractivity contribution in [1.82, 2.24) is 19.8 Å². The number of nitrogens with zero attached hydrogens (tertiary/aromatic N) is 3. The molecule has 5 rings (SSSR count). The van der Waals surface area contributed by atoms with Crippen LogP contribution in [0.4, 0.5) is 13.2 Å². The summed E-state index contributed by atoms with van der Waals surface area (Å²) in [5.74, 6) is 0.163. The highest BCUT2D eigenvalue weighted by atomic mass is 35.5. The summed E-state index contributed by atoms with van der Waals surface area (Å²) in [4.78, 5) is 19.2. The summed E-state index contributed by atoms with van der Waals surface area (Å²) >= 11 is 5.87. The van der Waals surface area contributed by atoms with E-state index in [-0.39, 0.29) is 22.5 Å². The Morgan fingerprint density at radius 3 is 2.72 bits per heavy atom. The number of carbonyl (C=O) groups is 1. The Bertz CT molecular complexity index is 1310. The van der Waals surface area contributed by atoms with Gasteiger partial charge in [-0.15, -0.1) is 0 Å². The molecule has 2 aliphatic rings. The van der Waals surface area contributed by atoms with Crippen molar-refractivity contribution in [2.24, 2.45) is 0 Å².